The molecule has 0 aromatic carbocycles. The number of hydrogen-bond acceptors (Lipinski definition) is 5. The Balaban J connectivity index is 0.000000510. The Morgan fingerprint density at radius 1 is 0.952 bits per heavy atom. The summed E-state index contributed by atoms with van der Waals surface area (Å²) in [5.74, 6) is 1.68. The second-order valence-corrected chi connectivity index (χ2v) is 3.94. The third-order valence-corrected chi connectivity index (χ3v) is 2.82. The van der Waals surface area contributed by atoms with Gasteiger partial charge < -0.3 is 10.2 Å². The monoisotopic (exact) mass is 290 g/mol. The van der Waals surface area contributed by atoms with Crippen molar-refractivity contribution in [1.29, 1.82) is 0 Å². The van der Waals surface area contributed by atoms with E-state index in [-0.39, 0.29) is 0 Å². The molecule has 1 saturated heterocycles. The fourth-order valence-electron chi connectivity index (χ4n) is 1.91. The van der Waals surface area contributed by atoms with Crippen LogP contribution in [0.15, 0.2) is 30.6 Å². The van der Waals surface area contributed by atoms with Crippen LogP contribution in [0.5, 0.6) is 0 Å². The normalized spacial score (nSPS) is 13.6. The van der Waals surface area contributed by atoms with Crippen molar-refractivity contribution < 1.29 is 0 Å². The number of anilines is 1. The van der Waals surface area contributed by atoms with E-state index in [1.807, 2.05) is 52.1 Å². The van der Waals surface area contributed by atoms with Crippen LogP contribution in [0.2, 0.25) is 0 Å². The Morgan fingerprint density at radius 3 is 2.10 bits per heavy atom. The molecule has 3 heterocycles. The number of nitrogens with one attached hydrogen (secondary N) is 1. The molecular weight excluding hydrogens is 264 g/mol. The molecule has 0 bridgehead atoms. The van der Waals surface area contributed by atoms with E-state index in [9.17, 15) is 0 Å². The third kappa shape index (κ3) is 4.82. The van der Waals surface area contributed by atoms with Crippen LogP contribution in [-0.4, -0.2) is 46.2 Å². The van der Waals surface area contributed by atoms with E-state index in [1.54, 1.807) is 10.9 Å². The number of nitrogens with zero attached hydrogens (tertiary/aromatic N) is 5. The first kappa shape index (κ1) is 17.1. The van der Waals surface area contributed by atoms with Crippen LogP contribution in [0.4, 0.5) is 5.82 Å². The lowest BCUT2D eigenvalue weighted by Gasteiger charge is -2.27. The SMILES string of the molecule is CC.CC.c1cnn(-c2ccc(N3CCNCC3)nn2)c1. The summed E-state index contributed by atoms with van der Waals surface area (Å²) < 4.78 is 1.70. The van der Waals surface area contributed by atoms with Gasteiger partial charge in [0, 0.05) is 38.6 Å². The lowest BCUT2D eigenvalue weighted by atomic mass is 10.3. The van der Waals surface area contributed by atoms with Crippen LogP contribution in [0.3, 0.4) is 0 Å². The van der Waals surface area contributed by atoms with E-state index < -0.39 is 0 Å². The van der Waals surface area contributed by atoms with E-state index in [0.717, 1.165) is 37.8 Å². The fourth-order valence-corrected chi connectivity index (χ4v) is 1.91. The Hall–Kier alpha value is -1.95. The van der Waals surface area contributed by atoms with Gasteiger partial charge in [0.05, 0.1) is 0 Å². The summed E-state index contributed by atoms with van der Waals surface area (Å²) in [5.41, 5.74) is 0. The average Bonchev–Trinajstić information content (AvgIpc) is 3.14. The summed E-state index contributed by atoms with van der Waals surface area (Å²) in [6.07, 6.45) is 3.58. The van der Waals surface area contributed by atoms with Gasteiger partial charge in [-0.2, -0.15) is 5.10 Å². The summed E-state index contributed by atoms with van der Waals surface area (Å²) in [5, 5.41) is 15.9. The van der Waals surface area contributed by atoms with E-state index >= 15 is 0 Å². The first-order valence-electron chi connectivity index (χ1n) is 7.73. The highest BCUT2D eigenvalue weighted by Crippen LogP contribution is 2.11. The summed E-state index contributed by atoms with van der Waals surface area (Å²) in [6, 6.07) is 5.80. The third-order valence-electron chi connectivity index (χ3n) is 2.82. The molecule has 1 aliphatic rings. The molecule has 116 valence electrons. The maximum Gasteiger partial charge on any atom is 0.175 e. The molecule has 0 spiro atoms. The van der Waals surface area contributed by atoms with Crippen LogP contribution >= 0.6 is 0 Å². The van der Waals surface area contributed by atoms with Crippen LogP contribution in [0.25, 0.3) is 5.82 Å². The van der Waals surface area contributed by atoms with E-state index in [4.69, 9.17) is 0 Å². The van der Waals surface area contributed by atoms with Gasteiger partial charge in [0.25, 0.3) is 0 Å². The molecule has 2 aromatic rings. The van der Waals surface area contributed by atoms with Crippen molar-refractivity contribution in [1.82, 2.24) is 25.3 Å². The molecule has 2 aromatic heterocycles. The molecular formula is C15H26N6. The number of rotatable bonds is 2. The Kier molecular flexibility index (Phi) is 8.04. The fraction of sp³-hybridized carbons (Fsp3) is 0.533. The minimum Gasteiger partial charge on any atom is -0.353 e. The highest BCUT2D eigenvalue weighted by Gasteiger charge is 2.11. The minimum atomic E-state index is 0.744. The number of piperazine rings is 1. The first-order chi connectivity index (χ1) is 10.4. The Morgan fingerprint density at radius 2 is 1.57 bits per heavy atom. The second kappa shape index (κ2) is 9.88. The van der Waals surface area contributed by atoms with Gasteiger partial charge in [-0.05, 0) is 18.2 Å². The molecule has 0 unspecified atom stereocenters. The molecule has 1 fully saturated rings. The number of hydrogen-bond donors (Lipinski definition) is 1. The van der Waals surface area contributed by atoms with E-state index in [0.29, 0.717) is 0 Å². The maximum atomic E-state index is 4.25. The van der Waals surface area contributed by atoms with Gasteiger partial charge in [0.15, 0.2) is 11.6 Å². The lowest BCUT2D eigenvalue weighted by Crippen LogP contribution is -2.44. The molecule has 0 atom stereocenters. The van der Waals surface area contributed by atoms with Gasteiger partial charge in [-0.25, -0.2) is 4.68 Å². The minimum absolute atomic E-state index is 0.744. The van der Waals surface area contributed by atoms with Crippen LogP contribution in [0, 0.1) is 0 Å². The summed E-state index contributed by atoms with van der Waals surface area (Å²) >= 11 is 0. The van der Waals surface area contributed by atoms with Crippen molar-refractivity contribution in [3.63, 3.8) is 0 Å². The largest absolute Gasteiger partial charge is 0.353 e. The van der Waals surface area contributed by atoms with Gasteiger partial charge >= 0.3 is 0 Å². The van der Waals surface area contributed by atoms with Crippen molar-refractivity contribution in [2.75, 3.05) is 31.1 Å². The van der Waals surface area contributed by atoms with Gasteiger partial charge in [0.1, 0.15) is 0 Å². The standard InChI is InChI=1S/C11H14N6.2C2H6/c1-4-13-17(7-1)11-3-2-10(14-15-11)16-8-5-12-6-9-16;2*1-2/h1-4,7,12H,5-6,8-9H2;2*1-2H3. The second-order valence-electron chi connectivity index (χ2n) is 3.94. The van der Waals surface area contributed by atoms with E-state index in [1.165, 1.54) is 0 Å². The lowest BCUT2D eigenvalue weighted by molar-refractivity contribution is 0.582. The molecule has 6 heteroatoms. The zero-order chi connectivity index (χ0) is 15.5. The smallest absolute Gasteiger partial charge is 0.175 e. The molecule has 3 rings (SSSR count). The predicted octanol–water partition coefficient (Wildman–Crippen LogP) is 2.12. The number of aromatic nitrogens is 4. The molecule has 0 aliphatic carbocycles. The average molecular weight is 290 g/mol. The molecule has 6 nitrogen and oxygen atoms in total. The molecule has 1 N–H and O–H groups in total. The van der Waals surface area contributed by atoms with Crippen LogP contribution < -0.4 is 10.2 Å². The van der Waals surface area contributed by atoms with Crippen molar-refractivity contribution in [2.45, 2.75) is 27.7 Å². The highest BCUT2D eigenvalue weighted by molar-refractivity contribution is 5.40. The van der Waals surface area contributed by atoms with Crippen LogP contribution in [0.1, 0.15) is 27.7 Å². The van der Waals surface area contributed by atoms with Gasteiger partial charge in [-0.1, -0.05) is 27.7 Å². The first-order valence-corrected chi connectivity index (χ1v) is 7.73. The van der Waals surface area contributed by atoms with Crippen molar-refractivity contribution in [2.24, 2.45) is 0 Å². The highest BCUT2D eigenvalue weighted by atomic mass is 15.4. The van der Waals surface area contributed by atoms with E-state index in [2.05, 4.69) is 25.5 Å². The molecule has 21 heavy (non-hydrogen) atoms. The Labute approximate surface area is 127 Å². The van der Waals surface area contributed by atoms with Crippen LogP contribution in [-0.2, 0) is 0 Å². The summed E-state index contributed by atoms with van der Waals surface area (Å²) in [6.45, 7) is 12.0. The van der Waals surface area contributed by atoms with Crippen molar-refractivity contribution in [3.8, 4) is 5.82 Å². The molecule has 0 radical (unpaired) electrons. The quantitative estimate of drug-likeness (QED) is 0.918. The summed E-state index contributed by atoms with van der Waals surface area (Å²) in [7, 11) is 0. The maximum absolute atomic E-state index is 4.25. The van der Waals surface area contributed by atoms with Crippen molar-refractivity contribution in [3.05, 3.63) is 30.6 Å². The Bertz CT molecular complexity index is 459. The molecule has 0 saturated carbocycles. The van der Waals surface area contributed by atoms with Gasteiger partial charge in [-0.15, -0.1) is 10.2 Å². The van der Waals surface area contributed by atoms with Gasteiger partial charge in [-0.3, -0.25) is 0 Å². The topological polar surface area (TPSA) is 58.9 Å². The van der Waals surface area contributed by atoms with Gasteiger partial charge in [0.2, 0.25) is 0 Å². The predicted molar refractivity (Wildman–Crippen MR) is 86.9 cm³/mol. The zero-order valence-corrected chi connectivity index (χ0v) is 13.5. The summed E-state index contributed by atoms with van der Waals surface area (Å²) in [4.78, 5) is 2.23. The van der Waals surface area contributed by atoms with Crippen molar-refractivity contribution >= 4 is 5.82 Å². The molecule has 0 amide bonds. The molecule has 1 aliphatic heterocycles. The zero-order valence-electron chi connectivity index (χ0n) is 13.5.